The number of rotatable bonds is 2. The van der Waals surface area contributed by atoms with E-state index < -0.39 is 8.07 Å². The molecule has 0 unspecified atom stereocenters. The zero-order chi connectivity index (χ0) is 5.91. The molecule has 0 aliphatic heterocycles. The SMILES string of the molecule is C[Si](C)(C)C[CH2][Rh]. The summed E-state index contributed by atoms with van der Waals surface area (Å²) < 4.78 is 0. The average molecular weight is 204 g/mol. The van der Waals surface area contributed by atoms with Gasteiger partial charge in [-0.25, -0.2) is 0 Å². The van der Waals surface area contributed by atoms with Crippen molar-refractivity contribution in [2.45, 2.75) is 30.7 Å². The first kappa shape index (κ1) is 7.84. The molecule has 0 aliphatic rings. The molecular weight excluding hydrogens is 191 g/mol. The van der Waals surface area contributed by atoms with Gasteiger partial charge in [0.2, 0.25) is 0 Å². The molecule has 0 nitrogen and oxygen atoms in total. The molecule has 0 fully saturated rings. The van der Waals surface area contributed by atoms with Gasteiger partial charge in [0.1, 0.15) is 0 Å². The van der Waals surface area contributed by atoms with Crippen molar-refractivity contribution < 1.29 is 18.3 Å². The summed E-state index contributed by atoms with van der Waals surface area (Å²) in [5.74, 6) is 0. The zero-order valence-corrected chi connectivity index (χ0v) is 7.89. The van der Waals surface area contributed by atoms with Gasteiger partial charge in [0.05, 0.1) is 0 Å². The van der Waals surface area contributed by atoms with Gasteiger partial charge in [-0.2, -0.15) is 0 Å². The molecule has 0 bridgehead atoms. The Morgan fingerprint density at radius 3 is 1.71 bits per heavy atom. The van der Waals surface area contributed by atoms with E-state index in [1.54, 1.807) is 0 Å². The van der Waals surface area contributed by atoms with Crippen molar-refractivity contribution in [2.75, 3.05) is 0 Å². The third-order valence-electron chi connectivity index (χ3n) is 0.833. The second-order valence-corrected chi connectivity index (χ2v) is 9.42. The minimum atomic E-state index is -0.685. The Morgan fingerprint density at radius 2 is 1.71 bits per heavy atom. The summed E-state index contributed by atoms with van der Waals surface area (Å²) in [4.78, 5) is 0. The molecule has 7 heavy (non-hydrogen) atoms. The Bertz CT molecular complexity index is 46.5. The van der Waals surface area contributed by atoms with Crippen molar-refractivity contribution in [1.29, 1.82) is 0 Å². The summed E-state index contributed by atoms with van der Waals surface area (Å²) in [5, 5.41) is 1.26. The first-order chi connectivity index (χ1) is 3.06. The van der Waals surface area contributed by atoms with Crippen LogP contribution < -0.4 is 0 Å². The molecule has 0 saturated carbocycles. The molecular formula is C5H13RhSi. The molecule has 0 aliphatic carbocycles. The predicted octanol–water partition coefficient (Wildman–Crippen LogP) is 2.29. The Balaban J connectivity index is 3.15. The van der Waals surface area contributed by atoms with E-state index in [1.165, 1.54) is 11.1 Å². The summed E-state index contributed by atoms with van der Waals surface area (Å²) >= 11 is 2.94. The van der Waals surface area contributed by atoms with Crippen molar-refractivity contribution in [1.82, 2.24) is 0 Å². The van der Waals surface area contributed by atoms with E-state index >= 15 is 0 Å². The van der Waals surface area contributed by atoms with Gasteiger partial charge in [-0.3, -0.25) is 0 Å². The quantitative estimate of drug-likeness (QED) is 0.605. The van der Waals surface area contributed by atoms with Crippen molar-refractivity contribution in [3.63, 3.8) is 0 Å². The molecule has 0 rings (SSSR count). The zero-order valence-electron chi connectivity index (χ0n) is 5.25. The fourth-order valence-electron chi connectivity index (χ4n) is 0.250. The van der Waals surface area contributed by atoms with E-state index in [1.807, 2.05) is 0 Å². The van der Waals surface area contributed by atoms with Gasteiger partial charge in [-0.05, 0) is 0 Å². The molecule has 0 spiro atoms. The van der Waals surface area contributed by atoms with Crippen LogP contribution in [0.4, 0.5) is 0 Å². The van der Waals surface area contributed by atoms with Crippen LogP contribution in [0.15, 0.2) is 0 Å². The van der Waals surface area contributed by atoms with Crippen LogP contribution in [-0.2, 0) is 18.3 Å². The van der Waals surface area contributed by atoms with Gasteiger partial charge >= 0.3 is 57.1 Å². The molecule has 0 aromatic rings. The Hall–Kier alpha value is 0.840. The molecule has 2 heteroatoms. The van der Waals surface area contributed by atoms with Crippen LogP contribution >= 0.6 is 0 Å². The van der Waals surface area contributed by atoms with Gasteiger partial charge in [0, 0.05) is 0 Å². The van der Waals surface area contributed by atoms with Crippen LogP contribution in [0, 0.1) is 0 Å². The second-order valence-electron chi connectivity index (χ2n) is 2.98. The van der Waals surface area contributed by atoms with Crippen LogP contribution in [0.25, 0.3) is 0 Å². The van der Waals surface area contributed by atoms with E-state index in [-0.39, 0.29) is 0 Å². The fourth-order valence-corrected chi connectivity index (χ4v) is 4.44. The van der Waals surface area contributed by atoms with Gasteiger partial charge in [0.15, 0.2) is 0 Å². The van der Waals surface area contributed by atoms with E-state index in [0.29, 0.717) is 0 Å². The molecule has 0 aromatic carbocycles. The van der Waals surface area contributed by atoms with Crippen LogP contribution in [0.2, 0.25) is 30.7 Å². The molecule has 0 saturated heterocycles. The van der Waals surface area contributed by atoms with Crippen LogP contribution in [-0.4, -0.2) is 8.07 Å². The topological polar surface area (TPSA) is 0 Å². The van der Waals surface area contributed by atoms with Gasteiger partial charge < -0.3 is 0 Å². The summed E-state index contributed by atoms with van der Waals surface area (Å²) in [6, 6.07) is 1.43. The first-order valence-electron chi connectivity index (χ1n) is 2.59. The molecule has 0 N–H and O–H groups in total. The molecule has 0 heterocycles. The minimum absolute atomic E-state index is 0.685. The van der Waals surface area contributed by atoms with Crippen LogP contribution in [0.1, 0.15) is 0 Å². The van der Waals surface area contributed by atoms with Crippen LogP contribution in [0.5, 0.6) is 0 Å². The Kier molecular flexibility index (Phi) is 3.34. The summed E-state index contributed by atoms with van der Waals surface area (Å²) in [6.45, 7) is 7.19. The number of hydrogen-bond acceptors (Lipinski definition) is 0. The van der Waals surface area contributed by atoms with Crippen molar-refractivity contribution in [2.24, 2.45) is 0 Å². The molecule has 0 radical (unpaired) electrons. The molecule has 46 valence electrons. The fraction of sp³-hybridized carbons (Fsp3) is 1.00. The van der Waals surface area contributed by atoms with Gasteiger partial charge in [-0.15, -0.1) is 0 Å². The van der Waals surface area contributed by atoms with Gasteiger partial charge in [-0.1, -0.05) is 0 Å². The summed E-state index contributed by atoms with van der Waals surface area (Å²) in [6.07, 6.45) is 0. The van der Waals surface area contributed by atoms with Crippen LogP contribution in [0.3, 0.4) is 0 Å². The summed E-state index contributed by atoms with van der Waals surface area (Å²) in [5.41, 5.74) is 0. The third kappa shape index (κ3) is 6.84. The monoisotopic (exact) mass is 204 g/mol. The van der Waals surface area contributed by atoms with Crippen molar-refractivity contribution in [3.8, 4) is 0 Å². The third-order valence-corrected chi connectivity index (χ3v) is 3.73. The van der Waals surface area contributed by atoms with E-state index in [0.717, 1.165) is 0 Å². The normalized spacial score (nSPS) is 12.1. The van der Waals surface area contributed by atoms with E-state index in [4.69, 9.17) is 0 Å². The first-order valence-corrected chi connectivity index (χ1v) is 7.46. The summed E-state index contributed by atoms with van der Waals surface area (Å²) in [7, 11) is -0.685. The average Bonchev–Trinajstić information content (AvgIpc) is 1.30. The maximum atomic E-state index is 2.94. The van der Waals surface area contributed by atoms with Crippen molar-refractivity contribution in [3.05, 3.63) is 0 Å². The van der Waals surface area contributed by atoms with E-state index in [2.05, 4.69) is 37.9 Å². The number of hydrogen-bond donors (Lipinski definition) is 0. The molecule has 0 amide bonds. The van der Waals surface area contributed by atoms with Crippen molar-refractivity contribution >= 4 is 8.07 Å². The second kappa shape index (κ2) is 2.99. The molecule has 0 aromatic heterocycles. The predicted molar refractivity (Wildman–Crippen MR) is 33.0 cm³/mol. The van der Waals surface area contributed by atoms with Gasteiger partial charge in [0.25, 0.3) is 0 Å². The maximum absolute atomic E-state index is 2.94. The Labute approximate surface area is 57.4 Å². The molecule has 0 atom stereocenters. The van der Waals surface area contributed by atoms with E-state index in [9.17, 15) is 0 Å². The Morgan fingerprint density at radius 1 is 1.29 bits per heavy atom. The standard InChI is InChI=1S/C5H13Si.Rh/c1-5-6(2,3)4;/h1,5H2,2-4H3;.